The van der Waals surface area contributed by atoms with E-state index in [1.165, 1.54) is 0 Å². The lowest BCUT2D eigenvalue weighted by molar-refractivity contribution is 0.414. The Morgan fingerprint density at radius 2 is 1.66 bits per heavy atom. The van der Waals surface area contributed by atoms with E-state index in [1.807, 2.05) is 42.5 Å². The summed E-state index contributed by atoms with van der Waals surface area (Å²) in [7, 11) is 3.41. The van der Waals surface area contributed by atoms with Crippen LogP contribution in [0.4, 0.5) is 0 Å². The number of benzene rings is 2. The average molecular weight is 390 g/mol. The number of aliphatic imine (C=N–C) groups is 1. The molecular formula is C23H26N4O2. The van der Waals surface area contributed by atoms with E-state index in [9.17, 15) is 4.79 Å². The Hall–Kier alpha value is -3.54. The van der Waals surface area contributed by atoms with Gasteiger partial charge in [0.2, 0.25) is 0 Å². The van der Waals surface area contributed by atoms with Crippen LogP contribution in [-0.2, 0) is 19.6 Å². The summed E-state index contributed by atoms with van der Waals surface area (Å²) in [5.41, 5.74) is 3.35. The van der Waals surface area contributed by atoms with E-state index in [0.29, 0.717) is 19.6 Å². The van der Waals surface area contributed by atoms with Gasteiger partial charge in [0.25, 0.3) is 5.56 Å². The molecule has 0 fully saturated rings. The standard InChI is InChI=1S/C23H26N4O2/c1-24-23(26-16-20-6-5-7-21(14-20)29-2)25-15-18-9-11-19(12-10-18)17-27-13-4-3-8-22(27)28/h3-14H,15-17H2,1-2H3,(H2,24,25,26). The van der Waals surface area contributed by atoms with Crippen LogP contribution in [0.3, 0.4) is 0 Å². The molecule has 2 aromatic carbocycles. The third kappa shape index (κ3) is 5.97. The van der Waals surface area contributed by atoms with E-state index in [2.05, 4.69) is 27.8 Å². The van der Waals surface area contributed by atoms with Crippen molar-refractivity contribution in [2.45, 2.75) is 19.6 Å². The fourth-order valence-electron chi connectivity index (χ4n) is 2.93. The summed E-state index contributed by atoms with van der Waals surface area (Å²) in [6.45, 7) is 1.88. The van der Waals surface area contributed by atoms with Crippen molar-refractivity contribution in [2.75, 3.05) is 14.2 Å². The lowest BCUT2D eigenvalue weighted by Crippen LogP contribution is -2.36. The second kappa shape index (κ2) is 10.1. The maximum Gasteiger partial charge on any atom is 0.250 e. The Bertz CT molecular complexity index is 1010. The molecule has 0 aliphatic carbocycles. The number of pyridine rings is 1. The van der Waals surface area contributed by atoms with Crippen LogP contribution >= 0.6 is 0 Å². The quantitative estimate of drug-likeness (QED) is 0.481. The Morgan fingerprint density at radius 3 is 2.34 bits per heavy atom. The molecule has 0 saturated heterocycles. The van der Waals surface area contributed by atoms with Crippen molar-refractivity contribution in [3.8, 4) is 5.75 Å². The van der Waals surface area contributed by atoms with Gasteiger partial charge in [0.1, 0.15) is 5.75 Å². The zero-order valence-electron chi connectivity index (χ0n) is 16.8. The zero-order chi connectivity index (χ0) is 20.5. The van der Waals surface area contributed by atoms with Gasteiger partial charge in [-0.15, -0.1) is 0 Å². The summed E-state index contributed by atoms with van der Waals surface area (Å²) in [4.78, 5) is 16.1. The summed E-state index contributed by atoms with van der Waals surface area (Å²) in [6, 6.07) is 21.3. The predicted molar refractivity (Wildman–Crippen MR) is 116 cm³/mol. The summed E-state index contributed by atoms with van der Waals surface area (Å²) in [5, 5.41) is 6.62. The molecule has 0 saturated carbocycles. The highest BCUT2D eigenvalue weighted by atomic mass is 16.5. The van der Waals surface area contributed by atoms with Crippen LogP contribution in [0.25, 0.3) is 0 Å². The molecule has 29 heavy (non-hydrogen) atoms. The summed E-state index contributed by atoms with van der Waals surface area (Å²) < 4.78 is 6.95. The van der Waals surface area contributed by atoms with Crippen molar-refractivity contribution in [2.24, 2.45) is 4.99 Å². The van der Waals surface area contributed by atoms with Crippen LogP contribution in [0, 0.1) is 0 Å². The SMILES string of the molecule is CN=C(NCc1ccc(Cn2ccccc2=O)cc1)NCc1cccc(OC)c1. The smallest absolute Gasteiger partial charge is 0.250 e. The number of guanidine groups is 1. The molecule has 0 amide bonds. The number of aromatic nitrogens is 1. The first-order chi connectivity index (χ1) is 14.2. The van der Waals surface area contributed by atoms with Gasteiger partial charge in [-0.05, 0) is 34.9 Å². The van der Waals surface area contributed by atoms with Gasteiger partial charge >= 0.3 is 0 Å². The fourth-order valence-corrected chi connectivity index (χ4v) is 2.93. The van der Waals surface area contributed by atoms with E-state index in [0.717, 1.165) is 28.4 Å². The predicted octanol–water partition coefficient (Wildman–Crippen LogP) is 2.77. The molecule has 3 rings (SSSR count). The molecule has 6 nitrogen and oxygen atoms in total. The molecule has 150 valence electrons. The van der Waals surface area contributed by atoms with E-state index in [4.69, 9.17) is 4.74 Å². The van der Waals surface area contributed by atoms with Crippen molar-refractivity contribution < 1.29 is 4.74 Å². The number of hydrogen-bond acceptors (Lipinski definition) is 3. The van der Waals surface area contributed by atoms with Crippen molar-refractivity contribution in [3.05, 3.63) is 100.0 Å². The van der Waals surface area contributed by atoms with Gasteiger partial charge in [0, 0.05) is 32.4 Å². The van der Waals surface area contributed by atoms with Gasteiger partial charge in [-0.25, -0.2) is 0 Å². The highest BCUT2D eigenvalue weighted by Gasteiger charge is 2.02. The van der Waals surface area contributed by atoms with Gasteiger partial charge in [-0.1, -0.05) is 42.5 Å². The monoisotopic (exact) mass is 390 g/mol. The lowest BCUT2D eigenvalue weighted by atomic mass is 10.1. The molecule has 2 N–H and O–H groups in total. The molecule has 0 radical (unpaired) electrons. The normalized spacial score (nSPS) is 11.2. The second-order valence-corrected chi connectivity index (χ2v) is 6.61. The minimum atomic E-state index is 0.00385. The molecule has 0 aliphatic rings. The fraction of sp³-hybridized carbons (Fsp3) is 0.217. The van der Waals surface area contributed by atoms with E-state index in [1.54, 1.807) is 37.1 Å². The molecule has 0 bridgehead atoms. The number of hydrogen-bond donors (Lipinski definition) is 2. The Kier molecular flexibility index (Phi) is 7.05. The van der Waals surface area contributed by atoms with Gasteiger partial charge < -0.3 is 19.9 Å². The Balaban J connectivity index is 1.51. The third-order valence-corrected chi connectivity index (χ3v) is 4.55. The van der Waals surface area contributed by atoms with Crippen LogP contribution < -0.4 is 20.9 Å². The first kappa shape index (κ1) is 20.2. The first-order valence-corrected chi connectivity index (χ1v) is 9.48. The minimum Gasteiger partial charge on any atom is -0.497 e. The number of nitrogens with one attached hydrogen (secondary N) is 2. The van der Waals surface area contributed by atoms with Crippen molar-refractivity contribution in [1.82, 2.24) is 15.2 Å². The van der Waals surface area contributed by atoms with Gasteiger partial charge in [0.15, 0.2) is 5.96 Å². The number of rotatable bonds is 7. The second-order valence-electron chi connectivity index (χ2n) is 6.61. The van der Waals surface area contributed by atoms with E-state index in [-0.39, 0.29) is 5.56 Å². The van der Waals surface area contributed by atoms with E-state index < -0.39 is 0 Å². The van der Waals surface area contributed by atoms with Crippen molar-refractivity contribution in [3.63, 3.8) is 0 Å². The average Bonchev–Trinajstić information content (AvgIpc) is 2.76. The van der Waals surface area contributed by atoms with E-state index >= 15 is 0 Å². The Morgan fingerprint density at radius 1 is 0.931 bits per heavy atom. The van der Waals surface area contributed by atoms with Gasteiger partial charge in [0.05, 0.1) is 13.7 Å². The summed E-state index contributed by atoms with van der Waals surface area (Å²) >= 11 is 0. The highest BCUT2D eigenvalue weighted by Crippen LogP contribution is 2.12. The van der Waals surface area contributed by atoms with Crippen LogP contribution in [0.5, 0.6) is 5.75 Å². The molecule has 0 atom stereocenters. The molecule has 0 spiro atoms. The molecule has 1 aromatic heterocycles. The molecule has 0 unspecified atom stereocenters. The topological polar surface area (TPSA) is 67.7 Å². The van der Waals surface area contributed by atoms with Crippen LogP contribution in [0.2, 0.25) is 0 Å². The Labute approximate surface area is 170 Å². The minimum absolute atomic E-state index is 0.00385. The third-order valence-electron chi connectivity index (χ3n) is 4.55. The molecule has 6 heteroatoms. The van der Waals surface area contributed by atoms with Crippen LogP contribution in [0.15, 0.2) is 82.7 Å². The maximum atomic E-state index is 11.8. The summed E-state index contributed by atoms with van der Waals surface area (Å²) in [5.74, 6) is 1.57. The number of nitrogens with zero attached hydrogens (tertiary/aromatic N) is 2. The van der Waals surface area contributed by atoms with Crippen molar-refractivity contribution in [1.29, 1.82) is 0 Å². The van der Waals surface area contributed by atoms with Crippen molar-refractivity contribution >= 4 is 5.96 Å². The zero-order valence-corrected chi connectivity index (χ0v) is 16.8. The molecule has 0 aliphatic heterocycles. The first-order valence-electron chi connectivity index (χ1n) is 9.48. The highest BCUT2D eigenvalue weighted by molar-refractivity contribution is 5.79. The number of methoxy groups -OCH3 is 1. The maximum absolute atomic E-state index is 11.8. The van der Waals surface area contributed by atoms with Crippen LogP contribution in [-0.4, -0.2) is 24.7 Å². The largest absolute Gasteiger partial charge is 0.497 e. The lowest BCUT2D eigenvalue weighted by Gasteiger charge is -2.13. The number of ether oxygens (including phenoxy) is 1. The van der Waals surface area contributed by atoms with Crippen LogP contribution in [0.1, 0.15) is 16.7 Å². The molecular weight excluding hydrogens is 364 g/mol. The molecule has 1 heterocycles. The van der Waals surface area contributed by atoms with Gasteiger partial charge in [-0.2, -0.15) is 0 Å². The molecule has 3 aromatic rings. The summed E-state index contributed by atoms with van der Waals surface area (Å²) in [6.07, 6.45) is 1.80. The van der Waals surface area contributed by atoms with Gasteiger partial charge in [-0.3, -0.25) is 9.79 Å².